The third kappa shape index (κ3) is 2.21. The molecule has 1 aromatic rings. The molecule has 0 amide bonds. The number of anilines is 1. The molecule has 0 aromatic carbocycles. The van der Waals surface area contributed by atoms with Crippen LogP contribution in [0.15, 0.2) is 18.5 Å². The summed E-state index contributed by atoms with van der Waals surface area (Å²) >= 11 is 0. The van der Waals surface area contributed by atoms with Crippen LogP contribution in [-0.4, -0.2) is 36.2 Å². The lowest BCUT2D eigenvalue weighted by Gasteiger charge is -2.26. The first-order valence-corrected chi connectivity index (χ1v) is 4.85. The normalized spacial score (nSPS) is 18.3. The Balaban J connectivity index is 1.99. The van der Waals surface area contributed by atoms with E-state index in [0.717, 1.165) is 44.1 Å². The van der Waals surface area contributed by atoms with Crippen molar-refractivity contribution in [1.29, 1.82) is 0 Å². The molecule has 1 saturated heterocycles. The predicted octanol–water partition coefficient (Wildman–Crippen LogP) is 0.496. The Bertz CT molecular complexity index is 297. The summed E-state index contributed by atoms with van der Waals surface area (Å²) in [5, 5.41) is 0. The largest absolute Gasteiger partial charge is 0.397 e. The van der Waals surface area contributed by atoms with Crippen LogP contribution in [0, 0.1) is 0 Å². The van der Waals surface area contributed by atoms with E-state index in [9.17, 15) is 0 Å². The van der Waals surface area contributed by atoms with Crippen LogP contribution < -0.4 is 5.73 Å². The molecule has 4 nitrogen and oxygen atoms in total. The number of rotatable bonds is 2. The highest BCUT2D eigenvalue weighted by molar-refractivity contribution is 5.43. The number of pyridine rings is 1. The molecule has 2 N–H and O–H groups in total. The lowest BCUT2D eigenvalue weighted by atomic mass is 10.2. The van der Waals surface area contributed by atoms with Crippen LogP contribution in [0.25, 0.3) is 0 Å². The first-order chi connectivity index (χ1) is 6.86. The fourth-order valence-electron chi connectivity index (χ4n) is 1.58. The van der Waals surface area contributed by atoms with Gasteiger partial charge < -0.3 is 10.5 Å². The second-order valence-corrected chi connectivity index (χ2v) is 3.46. The zero-order valence-electron chi connectivity index (χ0n) is 8.15. The fraction of sp³-hybridized carbons (Fsp3) is 0.500. The molecule has 0 bridgehead atoms. The topological polar surface area (TPSA) is 51.4 Å². The molecule has 0 atom stereocenters. The minimum atomic E-state index is 0.777. The van der Waals surface area contributed by atoms with Crippen LogP contribution in [0.2, 0.25) is 0 Å². The van der Waals surface area contributed by atoms with E-state index in [-0.39, 0.29) is 0 Å². The molecule has 0 saturated carbocycles. The van der Waals surface area contributed by atoms with Crippen molar-refractivity contribution in [2.75, 3.05) is 32.0 Å². The maximum atomic E-state index is 5.82. The van der Waals surface area contributed by atoms with Crippen molar-refractivity contribution < 1.29 is 4.74 Å². The van der Waals surface area contributed by atoms with Gasteiger partial charge in [0.25, 0.3) is 0 Å². The van der Waals surface area contributed by atoms with Gasteiger partial charge in [-0.1, -0.05) is 0 Å². The van der Waals surface area contributed by atoms with Gasteiger partial charge in [-0.2, -0.15) is 0 Å². The molecule has 0 radical (unpaired) electrons. The number of hydrogen-bond donors (Lipinski definition) is 1. The summed E-state index contributed by atoms with van der Waals surface area (Å²) in [6, 6.07) is 1.98. The Morgan fingerprint density at radius 1 is 1.43 bits per heavy atom. The number of ether oxygens (including phenoxy) is 1. The Morgan fingerprint density at radius 2 is 2.21 bits per heavy atom. The molecular weight excluding hydrogens is 178 g/mol. The predicted molar refractivity (Wildman–Crippen MR) is 54.7 cm³/mol. The molecule has 76 valence electrons. The summed E-state index contributed by atoms with van der Waals surface area (Å²) in [5.41, 5.74) is 7.75. The average molecular weight is 193 g/mol. The lowest BCUT2D eigenvalue weighted by molar-refractivity contribution is 0.0342. The molecular formula is C10H15N3O. The van der Waals surface area contributed by atoms with E-state index < -0.39 is 0 Å². The van der Waals surface area contributed by atoms with E-state index in [1.165, 1.54) is 0 Å². The summed E-state index contributed by atoms with van der Waals surface area (Å²) in [5.74, 6) is 0. The number of morpholine rings is 1. The highest BCUT2D eigenvalue weighted by Crippen LogP contribution is 2.12. The zero-order chi connectivity index (χ0) is 9.80. The molecule has 0 unspecified atom stereocenters. The monoisotopic (exact) mass is 193 g/mol. The number of hydrogen-bond acceptors (Lipinski definition) is 4. The number of nitrogens with two attached hydrogens (primary N) is 1. The first-order valence-electron chi connectivity index (χ1n) is 4.85. The van der Waals surface area contributed by atoms with Crippen molar-refractivity contribution in [1.82, 2.24) is 9.88 Å². The number of nitrogens with zero attached hydrogens (tertiary/aromatic N) is 2. The minimum absolute atomic E-state index is 0.777. The van der Waals surface area contributed by atoms with Crippen molar-refractivity contribution in [3.8, 4) is 0 Å². The van der Waals surface area contributed by atoms with Crippen LogP contribution >= 0.6 is 0 Å². The van der Waals surface area contributed by atoms with Crippen LogP contribution in [0.3, 0.4) is 0 Å². The summed E-state index contributed by atoms with van der Waals surface area (Å²) in [7, 11) is 0. The van der Waals surface area contributed by atoms with Gasteiger partial charge >= 0.3 is 0 Å². The van der Waals surface area contributed by atoms with Crippen molar-refractivity contribution >= 4 is 5.69 Å². The number of nitrogen functional groups attached to an aromatic ring is 1. The highest BCUT2D eigenvalue weighted by Gasteiger charge is 2.11. The molecule has 0 spiro atoms. The molecule has 2 rings (SSSR count). The molecule has 4 heteroatoms. The number of aromatic nitrogens is 1. The fourth-order valence-corrected chi connectivity index (χ4v) is 1.58. The van der Waals surface area contributed by atoms with Crippen molar-refractivity contribution in [2.24, 2.45) is 0 Å². The second-order valence-electron chi connectivity index (χ2n) is 3.46. The quantitative estimate of drug-likeness (QED) is 0.743. The van der Waals surface area contributed by atoms with Gasteiger partial charge in [-0.05, 0) is 11.6 Å². The Kier molecular flexibility index (Phi) is 2.96. The standard InChI is InChI=1S/C10H15N3O/c11-10-7-12-2-1-9(10)8-13-3-5-14-6-4-13/h1-2,7H,3-6,8,11H2. The molecule has 1 fully saturated rings. The maximum absolute atomic E-state index is 5.82. The second kappa shape index (κ2) is 4.39. The van der Waals surface area contributed by atoms with E-state index in [1.54, 1.807) is 12.4 Å². The van der Waals surface area contributed by atoms with E-state index in [2.05, 4.69) is 9.88 Å². The average Bonchev–Trinajstić information content (AvgIpc) is 2.23. The minimum Gasteiger partial charge on any atom is -0.397 e. The molecule has 2 heterocycles. The van der Waals surface area contributed by atoms with E-state index in [1.807, 2.05) is 6.07 Å². The zero-order valence-corrected chi connectivity index (χ0v) is 8.15. The van der Waals surface area contributed by atoms with Crippen LogP contribution in [0.4, 0.5) is 5.69 Å². The molecule has 1 aliphatic heterocycles. The van der Waals surface area contributed by atoms with Gasteiger partial charge in [-0.3, -0.25) is 9.88 Å². The van der Waals surface area contributed by atoms with Gasteiger partial charge in [0.1, 0.15) is 0 Å². The molecule has 1 aliphatic rings. The summed E-state index contributed by atoms with van der Waals surface area (Å²) in [6.45, 7) is 4.53. The Hall–Kier alpha value is -1.13. The first kappa shape index (κ1) is 9.43. The molecule has 0 aliphatic carbocycles. The van der Waals surface area contributed by atoms with Crippen molar-refractivity contribution in [3.05, 3.63) is 24.0 Å². The molecule has 1 aromatic heterocycles. The highest BCUT2D eigenvalue weighted by atomic mass is 16.5. The summed E-state index contributed by atoms with van der Waals surface area (Å²) in [4.78, 5) is 6.31. The van der Waals surface area contributed by atoms with E-state index >= 15 is 0 Å². The van der Waals surface area contributed by atoms with Crippen molar-refractivity contribution in [2.45, 2.75) is 6.54 Å². The summed E-state index contributed by atoms with van der Waals surface area (Å²) in [6.07, 6.45) is 3.49. The van der Waals surface area contributed by atoms with Crippen LogP contribution in [0.5, 0.6) is 0 Å². The van der Waals surface area contributed by atoms with Gasteiger partial charge in [-0.15, -0.1) is 0 Å². The van der Waals surface area contributed by atoms with Gasteiger partial charge in [-0.25, -0.2) is 0 Å². The molecule has 14 heavy (non-hydrogen) atoms. The third-order valence-corrected chi connectivity index (χ3v) is 2.44. The van der Waals surface area contributed by atoms with Crippen LogP contribution in [-0.2, 0) is 11.3 Å². The Morgan fingerprint density at radius 3 is 2.93 bits per heavy atom. The van der Waals surface area contributed by atoms with Crippen LogP contribution in [0.1, 0.15) is 5.56 Å². The third-order valence-electron chi connectivity index (χ3n) is 2.44. The smallest absolute Gasteiger partial charge is 0.0594 e. The van der Waals surface area contributed by atoms with Gasteiger partial charge in [0.15, 0.2) is 0 Å². The van der Waals surface area contributed by atoms with E-state index in [4.69, 9.17) is 10.5 Å². The van der Waals surface area contributed by atoms with Gasteiger partial charge in [0.2, 0.25) is 0 Å². The van der Waals surface area contributed by atoms with Gasteiger partial charge in [0, 0.05) is 25.8 Å². The Labute approximate surface area is 83.7 Å². The summed E-state index contributed by atoms with van der Waals surface area (Å²) < 4.78 is 5.28. The van der Waals surface area contributed by atoms with Gasteiger partial charge in [0.05, 0.1) is 25.1 Å². The SMILES string of the molecule is Nc1cnccc1CN1CCOCC1. The lowest BCUT2D eigenvalue weighted by Crippen LogP contribution is -2.35. The van der Waals surface area contributed by atoms with Crippen molar-refractivity contribution in [3.63, 3.8) is 0 Å². The maximum Gasteiger partial charge on any atom is 0.0594 e. The van der Waals surface area contributed by atoms with E-state index in [0.29, 0.717) is 0 Å².